The predicted molar refractivity (Wildman–Crippen MR) is 49.3 cm³/mol. The lowest BCUT2D eigenvalue weighted by Crippen LogP contribution is -2.11. The number of nitrogen functional groups attached to an aromatic ring is 1. The molecule has 2 aromatic rings. The molecule has 3 N–H and O–H groups in total. The average molecular weight is 194 g/mol. The summed E-state index contributed by atoms with van der Waals surface area (Å²) < 4.78 is 1.52. The van der Waals surface area contributed by atoms with Crippen LogP contribution in [0.1, 0.15) is 13.0 Å². The van der Waals surface area contributed by atoms with E-state index in [4.69, 9.17) is 10.8 Å². The summed E-state index contributed by atoms with van der Waals surface area (Å²) in [5.74, 6) is 0.298. The summed E-state index contributed by atoms with van der Waals surface area (Å²) in [6.45, 7) is 1.79. The van der Waals surface area contributed by atoms with Crippen molar-refractivity contribution in [2.24, 2.45) is 0 Å². The van der Waals surface area contributed by atoms with Crippen LogP contribution in [0.25, 0.3) is 11.2 Å². The van der Waals surface area contributed by atoms with Crippen LogP contribution >= 0.6 is 0 Å². The van der Waals surface area contributed by atoms with Gasteiger partial charge in [-0.15, -0.1) is 5.10 Å². The second kappa shape index (κ2) is 3.18. The molecule has 1 unspecified atom stereocenters. The number of hydrogen-bond acceptors (Lipinski definition) is 6. The molecule has 0 saturated heterocycles. The van der Waals surface area contributed by atoms with Gasteiger partial charge < -0.3 is 10.8 Å². The minimum Gasteiger partial charge on any atom is -0.394 e. The second-order valence-corrected chi connectivity index (χ2v) is 3.00. The lowest BCUT2D eigenvalue weighted by atomic mass is 10.3. The number of nitrogens with two attached hydrogens (primary N) is 1. The van der Waals surface area contributed by atoms with Crippen molar-refractivity contribution in [2.45, 2.75) is 13.0 Å². The van der Waals surface area contributed by atoms with Crippen molar-refractivity contribution in [2.75, 3.05) is 12.3 Å². The van der Waals surface area contributed by atoms with Crippen LogP contribution in [0.4, 0.5) is 5.82 Å². The van der Waals surface area contributed by atoms with E-state index in [0.717, 1.165) is 0 Å². The van der Waals surface area contributed by atoms with E-state index < -0.39 is 0 Å². The van der Waals surface area contributed by atoms with Crippen molar-refractivity contribution in [3.63, 3.8) is 0 Å². The highest BCUT2D eigenvalue weighted by Gasteiger charge is 2.13. The summed E-state index contributed by atoms with van der Waals surface area (Å²) in [4.78, 5) is 7.80. The van der Waals surface area contributed by atoms with Crippen LogP contribution in [0.2, 0.25) is 0 Å². The van der Waals surface area contributed by atoms with Crippen LogP contribution in [0.3, 0.4) is 0 Å². The summed E-state index contributed by atoms with van der Waals surface area (Å²) in [6.07, 6.45) is 1.35. The molecule has 14 heavy (non-hydrogen) atoms. The Labute approximate surface area is 79.6 Å². The molecule has 0 spiro atoms. The normalized spacial score (nSPS) is 13.3. The van der Waals surface area contributed by atoms with Gasteiger partial charge in [0.15, 0.2) is 17.0 Å². The molecule has 7 heteroatoms. The quantitative estimate of drug-likeness (QED) is 0.659. The Morgan fingerprint density at radius 1 is 1.57 bits per heavy atom. The minimum atomic E-state index is -0.172. The molecule has 0 aromatic carbocycles. The van der Waals surface area contributed by atoms with Crippen LogP contribution in [0.15, 0.2) is 6.33 Å². The Bertz CT molecular complexity index is 452. The predicted octanol–water partition coefficient (Wildman–Crippen LogP) is -0.643. The number of aliphatic hydroxyl groups excluding tert-OH is 1. The largest absolute Gasteiger partial charge is 0.394 e. The highest BCUT2D eigenvalue weighted by atomic mass is 16.3. The monoisotopic (exact) mass is 194 g/mol. The lowest BCUT2D eigenvalue weighted by Gasteiger charge is -2.06. The fraction of sp³-hybridized carbons (Fsp3) is 0.429. The Morgan fingerprint density at radius 2 is 2.36 bits per heavy atom. The first-order valence-corrected chi connectivity index (χ1v) is 4.16. The number of aliphatic hydroxyl groups is 1. The first-order chi connectivity index (χ1) is 6.74. The minimum absolute atomic E-state index is 0.0254. The molecule has 2 aromatic heterocycles. The molecule has 0 radical (unpaired) electrons. The molecular formula is C7H10N6O. The molecule has 7 nitrogen and oxygen atoms in total. The topological polar surface area (TPSA) is 103 Å². The standard InChI is InChI=1S/C7H10N6O/c1-4(2-14)13-7-5(11-12-13)6(8)9-3-10-7/h3-4,14H,2H2,1H3,(H2,8,9,10). The smallest absolute Gasteiger partial charge is 0.184 e. The molecule has 1 atom stereocenters. The van der Waals surface area contributed by atoms with Crippen LogP contribution in [-0.2, 0) is 0 Å². The number of rotatable bonds is 2. The molecule has 0 amide bonds. The van der Waals surface area contributed by atoms with Gasteiger partial charge in [-0.1, -0.05) is 5.21 Å². The fourth-order valence-corrected chi connectivity index (χ4v) is 1.16. The molecule has 74 valence electrons. The first kappa shape index (κ1) is 8.82. The maximum Gasteiger partial charge on any atom is 0.184 e. The van der Waals surface area contributed by atoms with E-state index in [1.54, 1.807) is 0 Å². The van der Waals surface area contributed by atoms with Gasteiger partial charge in [-0.2, -0.15) is 0 Å². The second-order valence-electron chi connectivity index (χ2n) is 3.00. The Balaban J connectivity index is 2.63. The van der Waals surface area contributed by atoms with Gasteiger partial charge in [-0.25, -0.2) is 14.6 Å². The number of aromatic nitrogens is 5. The van der Waals surface area contributed by atoms with E-state index in [1.165, 1.54) is 11.0 Å². The van der Waals surface area contributed by atoms with Gasteiger partial charge in [0.2, 0.25) is 0 Å². The van der Waals surface area contributed by atoms with Gasteiger partial charge in [-0.05, 0) is 6.92 Å². The summed E-state index contributed by atoms with van der Waals surface area (Å²) in [6, 6.07) is -0.172. The van der Waals surface area contributed by atoms with Crippen LogP contribution in [-0.4, -0.2) is 36.7 Å². The maximum atomic E-state index is 8.97. The molecule has 0 aliphatic heterocycles. The molecular weight excluding hydrogens is 184 g/mol. The van der Waals surface area contributed by atoms with Gasteiger partial charge in [0.05, 0.1) is 12.6 Å². The third kappa shape index (κ3) is 1.18. The molecule has 0 bridgehead atoms. The molecule has 0 aliphatic carbocycles. The van der Waals surface area contributed by atoms with Crippen molar-refractivity contribution in [3.8, 4) is 0 Å². The average Bonchev–Trinajstić information content (AvgIpc) is 2.62. The van der Waals surface area contributed by atoms with Crippen molar-refractivity contribution >= 4 is 17.0 Å². The van der Waals surface area contributed by atoms with Gasteiger partial charge >= 0.3 is 0 Å². The van der Waals surface area contributed by atoms with E-state index in [1.807, 2.05) is 6.92 Å². The van der Waals surface area contributed by atoms with E-state index in [2.05, 4.69) is 20.3 Å². The van der Waals surface area contributed by atoms with Gasteiger partial charge in [-0.3, -0.25) is 0 Å². The molecule has 2 rings (SSSR count). The van der Waals surface area contributed by atoms with Crippen molar-refractivity contribution < 1.29 is 5.11 Å². The summed E-state index contributed by atoms with van der Waals surface area (Å²) in [5.41, 5.74) is 6.59. The first-order valence-electron chi connectivity index (χ1n) is 4.16. The zero-order valence-corrected chi connectivity index (χ0v) is 7.62. The van der Waals surface area contributed by atoms with Crippen molar-refractivity contribution in [1.82, 2.24) is 25.0 Å². The zero-order valence-electron chi connectivity index (χ0n) is 7.62. The SMILES string of the molecule is CC(CO)n1nnc2c(N)ncnc21. The van der Waals surface area contributed by atoms with Gasteiger partial charge in [0.1, 0.15) is 6.33 Å². The number of nitrogens with zero attached hydrogens (tertiary/aromatic N) is 5. The van der Waals surface area contributed by atoms with Crippen LogP contribution in [0, 0.1) is 0 Å². The zero-order chi connectivity index (χ0) is 10.1. The lowest BCUT2D eigenvalue weighted by molar-refractivity contribution is 0.230. The third-order valence-electron chi connectivity index (χ3n) is 1.97. The van der Waals surface area contributed by atoms with Crippen LogP contribution < -0.4 is 5.73 Å². The number of anilines is 1. The fourth-order valence-electron chi connectivity index (χ4n) is 1.16. The van der Waals surface area contributed by atoms with Gasteiger partial charge in [0, 0.05) is 0 Å². The Kier molecular flexibility index (Phi) is 2.01. The third-order valence-corrected chi connectivity index (χ3v) is 1.97. The highest BCUT2D eigenvalue weighted by molar-refractivity contribution is 5.80. The molecule has 0 fully saturated rings. The summed E-state index contributed by atoms with van der Waals surface area (Å²) in [7, 11) is 0. The van der Waals surface area contributed by atoms with E-state index in [9.17, 15) is 0 Å². The molecule has 0 aliphatic rings. The Morgan fingerprint density at radius 3 is 3.07 bits per heavy atom. The Hall–Kier alpha value is -1.76. The van der Waals surface area contributed by atoms with Crippen LogP contribution in [0.5, 0.6) is 0 Å². The summed E-state index contributed by atoms with van der Waals surface area (Å²) in [5, 5.41) is 16.7. The van der Waals surface area contributed by atoms with E-state index in [0.29, 0.717) is 17.0 Å². The van der Waals surface area contributed by atoms with Crippen molar-refractivity contribution in [3.05, 3.63) is 6.33 Å². The summed E-state index contributed by atoms with van der Waals surface area (Å²) >= 11 is 0. The molecule has 0 saturated carbocycles. The number of fused-ring (bicyclic) bond motifs is 1. The van der Waals surface area contributed by atoms with E-state index >= 15 is 0 Å². The highest BCUT2D eigenvalue weighted by Crippen LogP contribution is 2.15. The van der Waals surface area contributed by atoms with Gasteiger partial charge in [0.25, 0.3) is 0 Å². The van der Waals surface area contributed by atoms with Crippen molar-refractivity contribution in [1.29, 1.82) is 0 Å². The maximum absolute atomic E-state index is 8.97. The van der Waals surface area contributed by atoms with E-state index in [-0.39, 0.29) is 12.6 Å². The number of hydrogen-bond donors (Lipinski definition) is 2. The molecule has 2 heterocycles.